The van der Waals surface area contributed by atoms with Gasteiger partial charge in [0.05, 0.1) is 13.7 Å². The molecule has 0 aliphatic carbocycles. The summed E-state index contributed by atoms with van der Waals surface area (Å²) < 4.78 is 32.1. The molecular formula is C12H14N2O5S. The van der Waals surface area contributed by atoms with Gasteiger partial charge in [-0.25, -0.2) is 13.6 Å². The van der Waals surface area contributed by atoms with Crippen molar-refractivity contribution in [1.82, 2.24) is 0 Å². The molecule has 0 aliphatic heterocycles. The van der Waals surface area contributed by atoms with E-state index >= 15 is 0 Å². The third-order valence-electron chi connectivity index (χ3n) is 2.56. The molecule has 0 saturated carbocycles. The zero-order valence-corrected chi connectivity index (χ0v) is 11.5. The summed E-state index contributed by atoms with van der Waals surface area (Å²) in [5.74, 6) is 0.775. The van der Waals surface area contributed by atoms with Crippen molar-refractivity contribution in [2.24, 2.45) is 5.14 Å². The van der Waals surface area contributed by atoms with Crippen LogP contribution in [0.3, 0.4) is 0 Å². The lowest BCUT2D eigenvalue weighted by molar-refractivity contribution is 0.373. The highest BCUT2D eigenvalue weighted by atomic mass is 32.2. The number of primary sulfonamides is 1. The summed E-state index contributed by atoms with van der Waals surface area (Å²) in [6, 6.07) is 7.61. The number of phenolic OH excluding ortho intramolecular Hbond substituents is 1. The summed E-state index contributed by atoms with van der Waals surface area (Å²) >= 11 is 0. The summed E-state index contributed by atoms with van der Waals surface area (Å²) in [5.41, 5.74) is 0.636. The van der Waals surface area contributed by atoms with Gasteiger partial charge >= 0.3 is 0 Å². The van der Waals surface area contributed by atoms with E-state index < -0.39 is 10.0 Å². The van der Waals surface area contributed by atoms with Crippen LogP contribution in [0, 0.1) is 0 Å². The van der Waals surface area contributed by atoms with Crippen LogP contribution in [0.15, 0.2) is 39.8 Å². The molecule has 0 amide bonds. The maximum atomic E-state index is 11.1. The van der Waals surface area contributed by atoms with Crippen LogP contribution < -0.4 is 15.2 Å². The molecule has 1 aromatic heterocycles. The molecule has 1 aromatic carbocycles. The fourth-order valence-corrected chi connectivity index (χ4v) is 2.08. The topological polar surface area (TPSA) is 115 Å². The smallest absolute Gasteiger partial charge is 0.271 e. The van der Waals surface area contributed by atoms with E-state index in [4.69, 9.17) is 14.3 Å². The molecule has 0 spiro atoms. The number of furan rings is 1. The predicted octanol–water partition coefficient (Wildman–Crippen LogP) is 1.25. The Labute approximate surface area is 116 Å². The van der Waals surface area contributed by atoms with Gasteiger partial charge in [0.25, 0.3) is 10.0 Å². The quantitative estimate of drug-likeness (QED) is 0.765. The van der Waals surface area contributed by atoms with Crippen molar-refractivity contribution in [2.45, 2.75) is 11.6 Å². The summed E-state index contributed by atoms with van der Waals surface area (Å²) in [4.78, 5) is 0. The second kappa shape index (κ2) is 5.43. The monoisotopic (exact) mass is 298 g/mol. The van der Waals surface area contributed by atoms with Gasteiger partial charge in [-0.1, -0.05) is 0 Å². The molecule has 0 fully saturated rings. The lowest BCUT2D eigenvalue weighted by Gasteiger charge is -2.07. The number of hydrogen-bond donors (Lipinski definition) is 3. The van der Waals surface area contributed by atoms with E-state index in [0.717, 1.165) is 0 Å². The zero-order valence-electron chi connectivity index (χ0n) is 10.7. The normalized spacial score (nSPS) is 11.3. The summed E-state index contributed by atoms with van der Waals surface area (Å²) in [5, 5.41) is 17.2. The van der Waals surface area contributed by atoms with E-state index in [2.05, 4.69) is 5.32 Å². The minimum atomic E-state index is -3.83. The first kappa shape index (κ1) is 14.2. The molecule has 108 valence electrons. The molecule has 0 aliphatic rings. The van der Waals surface area contributed by atoms with E-state index in [9.17, 15) is 13.5 Å². The zero-order chi connectivity index (χ0) is 14.8. The van der Waals surface area contributed by atoms with Crippen molar-refractivity contribution in [2.75, 3.05) is 12.4 Å². The van der Waals surface area contributed by atoms with Crippen LogP contribution in [-0.2, 0) is 16.6 Å². The Balaban J connectivity index is 2.05. The first-order chi connectivity index (χ1) is 9.40. The first-order valence-electron chi connectivity index (χ1n) is 5.62. The number of hydrogen-bond acceptors (Lipinski definition) is 6. The second-order valence-electron chi connectivity index (χ2n) is 4.01. The Morgan fingerprint density at radius 3 is 2.65 bits per heavy atom. The highest BCUT2D eigenvalue weighted by Gasteiger charge is 2.13. The van der Waals surface area contributed by atoms with Gasteiger partial charge in [0.2, 0.25) is 5.09 Å². The average molecular weight is 298 g/mol. The van der Waals surface area contributed by atoms with Gasteiger partial charge in [-0.3, -0.25) is 0 Å². The standard InChI is InChI=1S/C12H14N2O5S/c1-18-11-4-2-8(6-10(11)15)14-7-9-3-5-12(19-9)20(13,16)17/h2-6,14-15H,7H2,1H3,(H2,13,16,17). The molecule has 20 heavy (non-hydrogen) atoms. The molecule has 0 atom stereocenters. The Morgan fingerprint density at radius 1 is 1.35 bits per heavy atom. The van der Waals surface area contributed by atoms with Crippen LogP contribution in [-0.4, -0.2) is 20.6 Å². The van der Waals surface area contributed by atoms with Gasteiger partial charge < -0.3 is 19.6 Å². The Morgan fingerprint density at radius 2 is 2.10 bits per heavy atom. The van der Waals surface area contributed by atoms with E-state index in [-0.39, 0.29) is 17.4 Å². The molecule has 4 N–H and O–H groups in total. The fraction of sp³-hybridized carbons (Fsp3) is 0.167. The fourth-order valence-electron chi connectivity index (χ4n) is 1.60. The third-order valence-corrected chi connectivity index (χ3v) is 3.34. The van der Waals surface area contributed by atoms with Crippen LogP contribution in [0.1, 0.15) is 5.76 Å². The van der Waals surface area contributed by atoms with Crippen molar-refractivity contribution in [3.8, 4) is 11.5 Å². The van der Waals surface area contributed by atoms with Crippen LogP contribution >= 0.6 is 0 Å². The molecule has 0 unspecified atom stereocenters. The van der Waals surface area contributed by atoms with Gasteiger partial charge in [-0.05, 0) is 24.3 Å². The number of rotatable bonds is 5. The van der Waals surface area contributed by atoms with E-state index in [1.807, 2.05) is 0 Å². The number of ether oxygens (including phenoxy) is 1. The largest absolute Gasteiger partial charge is 0.504 e. The highest BCUT2D eigenvalue weighted by molar-refractivity contribution is 7.89. The van der Waals surface area contributed by atoms with Crippen molar-refractivity contribution in [3.05, 3.63) is 36.1 Å². The minimum absolute atomic E-state index is 0.00201. The maximum Gasteiger partial charge on any atom is 0.271 e. The number of benzene rings is 1. The number of sulfonamides is 1. The Kier molecular flexibility index (Phi) is 3.86. The van der Waals surface area contributed by atoms with Gasteiger partial charge in [-0.2, -0.15) is 0 Å². The highest BCUT2D eigenvalue weighted by Crippen LogP contribution is 2.28. The van der Waals surface area contributed by atoms with Gasteiger partial charge in [-0.15, -0.1) is 0 Å². The first-order valence-corrected chi connectivity index (χ1v) is 7.17. The van der Waals surface area contributed by atoms with E-state index in [0.29, 0.717) is 17.2 Å². The Hall–Kier alpha value is -2.19. The van der Waals surface area contributed by atoms with Crippen LogP contribution in [0.25, 0.3) is 0 Å². The van der Waals surface area contributed by atoms with E-state index in [1.165, 1.54) is 25.3 Å². The number of nitrogens with two attached hydrogens (primary N) is 1. The number of methoxy groups -OCH3 is 1. The average Bonchev–Trinajstić information content (AvgIpc) is 2.85. The molecule has 0 saturated heterocycles. The molecular weight excluding hydrogens is 284 g/mol. The Bertz CT molecular complexity index is 708. The molecule has 0 radical (unpaired) electrons. The SMILES string of the molecule is COc1ccc(NCc2ccc(S(N)(=O)=O)o2)cc1O. The minimum Gasteiger partial charge on any atom is -0.504 e. The number of aromatic hydroxyl groups is 1. The van der Waals surface area contributed by atoms with Crippen molar-refractivity contribution in [3.63, 3.8) is 0 Å². The summed E-state index contributed by atoms with van der Waals surface area (Å²) in [6.07, 6.45) is 0. The molecule has 1 heterocycles. The lowest BCUT2D eigenvalue weighted by Crippen LogP contribution is -2.10. The molecule has 7 nitrogen and oxygen atoms in total. The number of nitrogens with one attached hydrogen (secondary N) is 1. The van der Waals surface area contributed by atoms with Gasteiger partial charge in [0, 0.05) is 11.8 Å². The van der Waals surface area contributed by atoms with Crippen molar-refractivity contribution >= 4 is 15.7 Å². The van der Waals surface area contributed by atoms with Crippen LogP contribution in [0.2, 0.25) is 0 Å². The summed E-state index contributed by atoms with van der Waals surface area (Å²) in [6.45, 7) is 0.251. The van der Waals surface area contributed by atoms with Gasteiger partial charge in [0.15, 0.2) is 11.5 Å². The third kappa shape index (κ3) is 3.22. The molecule has 2 aromatic rings. The summed E-state index contributed by atoms with van der Waals surface area (Å²) in [7, 11) is -2.37. The maximum absolute atomic E-state index is 11.1. The molecule has 8 heteroatoms. The molecule has 2 rings (SSSR count). The number of phenols is 1. The van der Waals surface area contributed by atoms with Crippen LogP contribution in [0.5, 0.6) is 11.5 Å². The predicted molar refractivity (Wildman–Crippen MR) is 72.1 cm³/mol. The second-order valence-corrected chi connectivity index (χ2v) is 5.50. The van der Waals surface area contributed by atoms with Crippen LogP contribution in [0.4, 0.5) is 5.69 Å². The number of anilines is 1. The molecule has 0 bridgehead atoms. The van der Waals surface area contributed by atoms with Crippen molar-refractivity contribution < 1.29 is 22.7 Å². The van der Waals surface area contributed by atoms with E-state index in [1.54, 1.807) is 12.1 Å². The van der Waals surface area contributed by atoms with Gasteiger partial charge in [0.1, 0.15) is 5.76 Å². The lowest BCUT2D eigenvalue weighted by atomic mass is 10.2. The van der Waals surface area contributed by atoms with Crippen molar-refractivity contribution in [1.29, 1.82) is 0 Å².